The van der Waals surface area contributed by atoms with Crippen molar-refractivity contribution in [3.8, 4) is 11.3 Å². The molecule has 0 fully saturated rings. The molecule has 3 aromatic rings. The first-order chi connectivity index (χ1) is 10.6. The number of nitrogens with two attached hydrogens (primary N) is 1. The van der Waals surface area contributed by atoms with Crippen LogP contribution in [0.25, 0.3) is 11.3 Å². The highest BCUT2D eigenvalue weighted by molar-refractivity contribution is 6.30. The molecule has 1 aromatic heterocycles. The highest BCUT2D eigenvalue weighted by atomic mass is 35.5. The van der Waals surface area contributed by atoms with Crippen molar-refractivity contribution in [2.45, 2.75) is 0 Å². The van der Waals surface area contributed by atoms with Crippen molar-refractivity contribution < 1.29 is 0 Å². The molecule has 0 saturated carbocycles. The van der Waals surface area contributed by atoms with Crippen molar-refractivity contribution in [1.82, 2.24) is 9.97 Å². The quantitative estimate of drug-likeness (QED) is 0.738. The van der Waals surface area contributed by atoms with Gasteiger partial charge in [-0.3, -0.25) is 4.98 Å². The normalized spacial score (nSPS) is 10.5. The highest BCUT2D eigenvalue weighted by Gasteiger charge is 2.13. The molecule has 110 valence electrons. The van der Waals surface area contributed by atoms with Crippen LogP contribution in [0.5, 0.6) is 0 Å². The standard InChI is InChI=1S/C17H15ClN4/c1-22(15-8-4-13(18)5-9-15)17-16(20-10-11-21-17)12-2-6-14(19)7-3-12/h2-11H,19H2,1H3. The molecule has 0 unspecified atom stereocenters. The van der Waals surface area contributed by atoms with E-state index < -0.39 is 0 Å². The van der Waals surface area contributed by atoms with E-state index in [4.69, 9.17) is 17.3 Å². The summed E-state index contributed by atoms with van der Waals surface area (Å²) in [5.41, 5.74) is 9.23. The lowest BCUT2D eigenvalue weighted by Gasteiger charge is -2.20. The second-order valence-electron chi connectivity index (χ2n) is 4.89. The number of nitrogen functional groups attached to an aromatic ring is 1. The first-order valence-corrected chi connectivity index (χ1v) is 7.19. The van der Waals surface area contributed by atoms with Gasteiger partial charge in [0.1, 0.15) is 5.69 Å². The molecule has 22 heavy (non-hydrogen) atoms. The van der Waals surface area contributed by atoms with Gasteiger partial charge in [-0.2, -0.15) is 0 Å². The Balaban J connectivity index is 2.04. The Labute approximate surface area is 134 Å². The summed E-state index contributed by atoms with van der Waals surface area (Å²) in [6.45, 7) is 0. The molecule has 0 spiro atoms. The minimum Gasteiger partial charge on any atom is -0.399 e. The maximum atomic E-state index is 5.95. The second-order valence-corrected chi connectivity index (χ2v) is 5.32. The fraction of sp³-hybridized carbons (Fsp3) is 0.0588. The Morgan fingerprint density at radius 1 is 0.909 bits per heavy atom. The Morgan fingerprint density at radius 2 is 1.55 bits per heavy atom. The maximum absolute atomic E-state index is 5.95. The monoisotopic (exact) mass is 310 g/mol. The van der Waals surface area contributed by atoms with Crippen LogP contribution in [-0.2, 0) is 0 Å². The van der Waals surface area contributed by atoms with Crippen LogP contribution >= 0.6 is 11.6 Å². The smallest absolute Gasteiger partial charge is 0.159 e. The van der Waals surface area contributed by atoms with Crippen molar-refractivity contribution in [3.63, 3.8) is 0 Å². The highest BCUT2D eigenvalue weighted by Crippen LogP contribution is 2.31. The minimum absolute atomic E-state index is 0.704. The van der Waals surface area contributed by atoms with Gasteiger partial charge in [-0.05, 0) is 36.4 Å². The van der Waals surface area contributed by atoms with E-state index in [2.05, 4.69) is 9.97 Å². The van der Waals surface area contributed by atoms with Crippen LogP contribution in [0, 0.1) is 0 Å². The molecular weight excluding hydrogens is 296 g/mol. The summed E-state index contributed by atoms with van der Waals surface area (Å²) < 4.78 is 0. The summed E-state index contributed by atoms with van der Waals surface area (Å²) in [6.07, 6.45) is 3.37. The van der Waals surface area contributed by atoms with Crippen LogP contribution in [0.15, 0.2) is 60.9 Å². The number of anilines is 3. The zero-order valence-electron chi connectivity index (χ0n) is 12.1. The van der Waals surface area contributed by atoms with Gasteiger partial charge in [0.2, 0.25) is 0 Å². The van der Waals surface area contributed by atoms with Gasteiger partial charge in [0.05, 0.1) is 0 Å². The van der Waals surface area contributed by atoms with E-state index >= 15 is 0 Å². The van der Waals surface area contributed by atoms with Crippen LogP contribution in [0.2, 0.25) is 5.02 Å². The maximum Gasteiger partial charge on any atom is 0.159 e. The molecule has 0 amide bonds. The summed E-state index contributed by atoms with van der Waals surface area (Å²) in [7, 11) is 1.95. The SMILES string of the molecule is CN(c1ccc(Cl)cc1)c1nccnc1-c1ccc(N)cc1. The first-order valence-electron chi connectivity index (χ1n) is 6.81. The minimum atomic E-state index is 0.704. The second kappa shape index (κ2) is 6.03. The molecule has 1 heterocycles. The largest absolute Gasteiger partial charge is 0.399 e. The zero-order chi connectivity index (χ0) is 15.5. The van der Waals surface area contributed by atoms with Crippen LogP contribution < -0.4 is 10.6 Å². The number of hydrogen-bond acceptors (Lipinski definition) is 4. The van der Waals surface area contributed by atoms with Crippen molar-refractivity contribution in [3.05, 3.63) is 65.9 Å². The average molecular weight is 311 g/mol. The summed E-state index contributed by atoms with van der Waals surface area (Å²) in [4.78, 5) is 10.9. The number of halogens is 1. The molecule has 0 aliphatic rings. The molecule has 5 heteroatoms. The summed E-state index contributed by atoms with van der Waals surface area (Å²) in [5, 5.41) is 0.704. The van der Waals surface area contributed by atoms with Crippen molar-refractivity contribution in [1.29, 1.82) is 0 Å². The van der Waals surface area contributed by atoms with Gasteiger partial charge < -0.3 is 10.6 Å². The number of nitrogens with zero attached hydrogens (tertiary/aromatic N) is 3. The van der Waals surface area contributed by atoms with Gasteiger partial charge in [-0.1, -0.05) is 23.7 Å². The Morgan fingerprint density at radius 3 is 2.23 bits per heavy atom. The van der Waals surface area contributed by atoms with Gasteiger partial charge in [-0.15, -0.1) is 0 Å². The van der Waals surface area contributed by atoms with Crippen LogP contribution in [0.4, 0.5) is 17.2 Å². The van der Waals surface area contributed by atoms with Gasteiger partial charge in [0.25, 0.3) is 0 Å². The summed E-state index contributed by atoms with van der Waals surface area (Å²) >= 11 is 5.95. The number of benzene rings is 2. The Bertz CT molecular complexity index is 769. The molecule has 0 atom stereocenters. The van der Waals surface area contributed by atoms with Crippen LogP contribution in [0.1, 0.15) is 0 Å². The molecule has 0 aliphatic carbocycles. The molecule has 0 bridgehead atoms. The molecular formula is C17H15ClN4. The molecule has 0 saturated heterocycles. The summed E-state index contributed by atoms with van der Waals surface area (Å²) in [5.74, 6) is 0.773. The first kappa shape index (κ1) is 14.4. The van der Waals surface area contributed by atoms with E-state index in [9.17, 15) is 0 Å². The van der Waals surface area contributed by atoms with Gasteiger partial charge in [-0.25, -0.2) is 4.98 Å². The molecule has 2 N–H and O–H groups in total. The predicted octanol–water partition coefficient (Wildman–Crippen LogP) is 4.15. The van der Waals surface area contributed by atoms with Gasteiger partial charge in [0.15, 0.2) is 5.82 Å². The average Bonchev–Trinajstić information content (AvgIpc) is 2.56. The Kier molecular flexibility index (Phi) is 3.94. The van der Waals surface area contributed by atoms with Crippen molar-refractivity contribution in [2.24, 2.45) is 0 Å². The van der Waals surface area contributed by atoms with E-state index in [1.165, 1.54) is 0 Å². The van der Waals surface area contributed by atoms with E-state index in [-0.39, 0.29) is 0 Å². The fourth-order valence-electron chi connectivity index (χ4n) is 2.21. The Hall–Kier alpha value is -2.59. The van der Waals surface area contributed by atoms with Crippen LogP contribution in [-0.4, -0.2) is 17.0 Å². The van der Waals surface area contributed by atoms with E-state index in [1.807, 2.05) is 60.5 Å². The zero-order valence-corrected chi connectivity index (χ0v) is 12.8. The van der Waals surface area contributed by atoms with Crippen LogP contribution in [0.3, 0.4) is 0 Å². The molecule has 4 nitrogen and oxygen atoms in total. The van der Waals surface area contributed by atoms with Crippen molar-refractivity contribution >= 4 is 28.8 Å². The number of hydrogen-bond donors (Lipinski definition) is 1. The third kappa shape index (κ3) is 2.87. The fourth-order valence-corrected chi connectivity index (χ4v) is 2.33. The molecule has 0 radical (unpaired) electrons. The van der Waals surface area contributed by atoms with E-state index in [0.717, 1.165) is 28.5 Å². The lowest BCUT2D eigenvalue weighted by Crippen LogP contribution is -2.13. The summed E-state index contributed by atoms with van der Waals surface area (Å²) in [6, 6.07) is 15.2. The topological polar surface area (TPSA) is 55.0 Å². The van der Waals surface area contributed by atoms with E-state index in [1.54, 1.807) is 12.4 Å². The van der Waals surface area contributed by atoms with E-state index in [0.29, 0.717) is 5.02 Å². The predicted molar refractivity (Wildman–Crippen MR) is 91.4 cm³/mol. The third-order valence-corrected chi connectivity index (χ3v) is 3.65. The third-order valence-electron chi connectivity index (χ3n) is 3.39. The molecule has 3 rings (SSSR count). The number of aromatic nitrogens is 2. The number of rotatable bonds is 3. The lowest BCUT2D eigenvalue weighted by atomic mass is 10.1. The van der Waals surface area contributed by atoms with Gasteiger partial charge in [0, 0.05) is 41.4 Å². The van der Waals surface area contributed by atoms with Gasteiger partial charge >= 0.3 is 0 Å². The lowest BCUT2D eigenvalue weighted by molar-refractivity contribution is 1.09. The molecule has 0 aliphatic heterocycles. The molecule has 2 aromatic carbocycles. The van der Waals surface area contributed by atoms with Crippen molar-refractivity contribution in [2.75, 3.05) is 17.7 Å².